The summed E-state index contributed by atoms with van der Waals surface area (Å²) in [5.41, 5.74) is 2.82. The van der Waals surface area contributed by atoms with Crippen LogP contribution in [0, 0.1) is 6.92 Å². The zero-order valence-corrected chi connectivity index (χ0v) is 7.59. The molecule has 0 atom stereocenters. The van der Waals surface area contributed by atoms with Crippen molar-refractivity contribution in [2.75, 3.05) is 0 Å². The number of nitrogens with one attached hydrogen (secondary N) is 1. The third-order valence-electron chi connectivity index (χ3n) is 2.05. The number of aromatic nitrogens is 1. The lowest BCUT2D eigenvalue weighted by atomic mass is 10.2. The fourth-order valence-corrected chi connectivity index (χ4v) is 2.62. The quantitative estimate of drug-likeness (QED) is 0.668. The summed E-state index contributed by atoms with van der Waals surface area (Å²) in [7, 11) is 0. The van der Waals surface area contributed by atoms with Gasteiger partial charge in [-0.3, -0.25) is 0 Å². The molecule has 0 spiro atoms. The Morgan fingerprint density at radius 1 is 1.55 bits per heavy atom. The molecular weight excluding hydrogens is 154 g/mol. The van der Waals surface area contributed by atoms with Crippen LogP contribution < -0.4 is 0 Å². The molecule has 0 radical (unpaired) electrons. The van der Waals surface area contributed by atoms with Crippen molar-refractivity contribution in [2.45, 2.75) is 20.3 Å². The van der Waals surface area contributed by atoms with Crippen molar-refractivity contribution in [1.82, 2.24) is 4.98 Å². The van der Waals surface area contributed by atoms with Crippen LogP contribution >= 0.6 is 11.3 Å². The highest BCUT2D eigenvalue weighted by molar-refractivity contribution is 7.19. The Kier molecular flexibility index (Phi) is 1.50. The van der Waals surface area contributed by atoms with Gasteiger partial charge in [0, 0.05) is 11.1 Å². The molecule has 0 aliphatic rings. The van der Waals surface area contributed by atoms with Gasteiger partial charge in [0.15, 0.2) is 0 Å². The molecule has 0 aliphatic heterocycles. The monoisotopic (exact) mass is 165 g/mol. The zero-order valence-electron chi connectivity index (χ0n) is 6.77. The minimum atomic E-state index is 1.13. The molecule has 2 heteroatoms. The third kappa shape index (κ3) is 0.897. The molecular formula is C9H11NS. The summed E-state index contributed by atoms with van der Waals surface area (Å²) in [6.45, 7) is 4.40. The third-order valence-corrected chi connectivity index (χ3v) is 3.16. The van der Waals surface area contributed by atoms with E-state index in [0.717, 1.165) is 6.42 Å². The lowest BCUT2D eigenvalue weighted by molar-refractivity contribution is 1.14. The van der Waals surface area contributed by atoms with Gasteiger partial charge in [-0.25, -0.2) is 0 Å². The molecule has 58 valence electrons. The second kappa shape index (κ2) is 2.38. The Balaban J connectivity index is 2.80. The molecule has 0 fully saturated rings. The van der Waals surface area contributed by atoms with Crippen LogP contribution in [-0.2, 0) is 6.42 Å². The molecule has 0 aromatic carbocycles. The first-order valence-electron chi connectivity index (χ1n) is 3.88. The van der Waals surface area contributed by atoms with Gasteiger partial charge in [-0.2, -0.15) is 0 Å². The van der Waals surface area contributed by atoms with Crippen LogP contribution in [0.4, 0.5) is 0 Å². The summed E-state index contributed by atoms with van der Waals surface area (Å²) in [5.74, 6) is 0. The van der Waals surface area contributed by atoms with E-state index in [4.69, 9.17) is 0 Å². The number of fused-ring (bicyclic) bond motifs is 1. The van der Waals surface area contributed by atoms with E-state index >= 15 is 0 Å². The Hall–Kier alpha value is -0.760. The van der Waals surface area contributed by atoms with Gasteiger partial charge in [0.1, 0.15) is 0 Å². The first-order valence-corrected chi connectivity index (χ1v) is 4.70. The maximum absolute atomic E-state index is 3.27. The molecule has 2 rings (SSSR count). The summed E-state index contributed by atoms with van der Waals surface area (Å²) in [6, 6.07) is 2.14. The molecule has 2 aromatic heterocycles. The molecule has 1 N–H and O–H groups in total. The second-order valence-electron chi connectivity index (χ2n) is 2.71. The van der Waals surface area contributed by atoms with Crippen LogP contribution in [0.15, 0.2) is 12.3 Å². The van der Waals surface area contributed by atoms with Gasteiger partial charge in [0.25, 0.3) is 0 Å². The predicted octanol–water partition coefficient (Wildman–Crippen LogP) is 3.10. The van der Waals surface area contributed by atoms with E-state index in [1.165, 1.54) is 20.7 Å². The van der Waals surface area contributed by atoms with E-state index in [1.54, 1.807) is 0 Å². The van der Waals surface area contributed by atoms with Gasteiger partial charge in [-0.05, 0) is 25.0 Å². The molecule has 0 unspecified atom stereocenters. The molecule has 0 amide bonds. The fraction of sp³-hybridized carbons (Fsp3) is 0.333. The van der Waals surface area contributed by atoms with Crippen LogP contribution in [0.1, 0.15) is 17.4 Å². The molecule has 11 heavy (non-hydrogen) atoms. The molecule has 0 saturated heterocycles. The van der Waals surface area contributed by atoms with Crippen molar-refractivity contribution >= 4 is 21.6 Å². The van der Waals surface area contributed by atoms with E-state index in [-0.39, 0.29) is 0 Å². The van der Waals surface area contributed by atoms with Crippen molar-refractivity contribution in [1.29, 1.82) is 0 Å². The van der Waals surface area contributed by atoms with E-state index < -0.39 is 0 Å². The number of aromatic amines is 1. The minimum absolute atomic E-state index is 1.13. The Morgan fingerprint density at radius 2 is 2.36 bits per heavy atom. The van der Waals surface area contributed by atoms with Crippen molar-refractivity contribution in [2.24, 2.45) is 0 Å². The maximum atomic E-state index is 3.27. The first-order chi connectivity index (χ1) is 5.33. The van der Waals surface area contributed by atoms with E-state index in [1.807, 2.05) is 17.5 Å². The molecule has 0 aliphatic carbocycles. The molecule has 0 bridgehead atoms. The Bertz CT molecular complexity index is 370. The van der Waals surface area contributed by atoms with Crippen molar-refractivity contribution in [3.63, 3.8) is 0 Å². The summed E-state index contributed by atoms with van der Waals surface area (Å²) in [4.78, 5) is 4.72. The summed E-state index contributed by atoms with van der Waals surface area (Å²) in [6.07, 6.45) is 3.14. The van der Waals surface area contributed by atoms with Crippen LogP contribution in [0.25, 0.3) is 10.2 Å². The van der Waals surface area contributed by atoms with Crippen LogP contribution in [-0.4, -0.2) is 4.98 Å². The molecule has 0 saturated carbocycles. The number of H-pyrrole nitrogens is 1. The number of aryl methyl sites for hydroxylation is 2. The normalized spacial score (nSPS) is 11.1. The standard InChI is InChI=1S/C9H11NS/c1-3-7-6(2)11-8-4-5-10-9(7)8/h4-5,10H,3H2,1-2H3. The number of thiophene rings is 1. The van der Waals surface area contributed by atoms with E-state index in [9.17, 15) is 0 Å². The largest absolute Gasteiger partial charge is 0.360 e. The molecule has 2 aromatic rings. The first kappa shape index (κ1) is 6.92. The summed E-state index contributed by atoms with van der Waals surface area (Å²) in [5, 5.41) is 0. The predicted molar refractivity (Wildman–Crippen MR) is 50.3 cm³/mol. The maximum Gasteiger partial charge on any atom is 0.0598 e. The highest BCUT2D eigenvalue weighted by Crippen LogP contribution is 2.29. The van der Waals surface area contributed by atoms with Crippen LogP contribution in [0.2, 0.25) is 0 Å². The number of hydrogen-bond acceptors (Lipinski definition) is 1. The van der Waals surface area contributed by atoms with Gasteiger partial charge >= 0.3 is 0 Å². The Morgan fingerprint density at radius 3 is 3.09 bits per heavy atom. The van der Waals surface area contributed by atoms with Gasteiger partial charge in [-0.15, -0.1) is 11.3 Å². The van der Waals surface area contributed by atoms with Gasteiger partial charge < -0.3 is 4.98 Å². The van der Waals surface area contributed by atoms with Crippen molar-refractivity contribution < 1.29 is 0 Å². The van der Waals surface area contributed by atoms with E-state index in [0.29, 0.717) is 0 Å². The smallest absolute Gasteiger partial charge is 0.0598 e. The van der Waals surface area contributed by atoms with Gasteiger partial charge in [0.05, 0.1) is 10.2 Å². The Labute approximate surface area is 70.1 Å². The topological polar surface area (TPSA) is 15.8 Å². The fourth-order valence-electron chi connectivity index (χ4n) is 1.50. The van der Waals surface area contributed by atoms with E-state index in [2.05, 4.69) is 24.9 Å². The van der Waals surface area contributed by atoms with Crippen molar-refractivity contribution in [3.05, 3.63) is 22.7 Å². The number of hydrogen-bond donors (Lipinski definition) is 1. The highest BCUT2D eigenvalue weighted by Gasteiger charge is 2.06. The van der Waals surface area contributed by atoms with Gasteiger partial charge in [-0.1, -0.05) is 6.92 Å². The average molecular weight is 165 g/mol. The minimum Gasteiger partial charge on any atom is -0.360 e. The SMILES string of the molecule is CCc1c(C)sc2cc[nH]c12. The second-order valence-corrected chi connectivity index (χ2v) is 3.96. The molecule has 2 heterocycles. The lowest BCUT2D eigenvalue weighted by Gasteiger charge is -1.91. The summed E-state index contributed by atoms with van der Waals surface area (Å²) < 4.78 is 1.39. The average Bonchev–Trinajstić information content (AvgIpc) is 2.46. The van der Waals surface area contributed by atoms with Gasteiger partial charge in [0.2, 0.25) is 0 Å². The van der Waals surface area contributed by atoms with Crippen LogP contribution in [0.5, 0.6) is 0 Å². The van der Waals surface area contributed by atoms with Crippen molar-refractivity contribution in [3.8, 4) is 0 Å². The molecule has 1 nitrogen and oxygen atoms in total. The number of rotatable bonds is 1. The summed E-state index contributed by atoms with van der Waals surface area (Å²) >= 11 is 1.88. The highest BCUT2D eigenvalue weighted by atomic mass is 32.1. The lowest BCUT2D eigenvalue weighted by Crippen LogP contribution is -1.78. The van der Waals surface area contributed by atoms with Crippen LogP contribution in [0.3, 0.4) is 0 Å². The zero-order chi connectivity index (χ0) is 7.84.